The fraction of sp³-hybridized carbons (Fsp3) is 0.320. The van der Waals surface area contributed by atoms with E-state index in [1.807, 2.05) is 31.2 Å². The molecule has 2 aromatic carbocycles. The number of aromatic nitrogens is 1. The summed E-state index contributed by atoms with van der Waals surface area (Å²) in [5.74, 6) is -1.27. The maximum atomic E-state index is 13.7. The molecule has 174 valence electrons. The number of benzene rings is 2. The SMILES string of the molecule is CCc1ncc(C(=O)N[C@H](Cc2ccc(-c3cc(F)ccc3OC)cc2)C[C@H](C)C(=O)O)o1. The van der Waals surface area contributed by atoms with E-state index in [0.717, 1.165) is 11.1 Å². The molecule has 1 aromatic heterocycles. The van der Waals surface area contributed by atoms with E-state index in [-0.39, 0.29) is 18.0 Å². The van der Waals surface area contributed by atoms with Gasteiger partial charge in [0.25, 0.3) is 5.91 Å². The highest BCUT2D eigenvalue weighted by molar-refractivity contribution is 5.91. The first-order valence-corrected chi connectivity index (χ1v) is 10.7. The molecule has 0 radical (unpaired) electrons. The number of ether oxygens (including phenoxy) is 1. The minimum absolute atomic E-state index is 0.0911. The van der Waals surface area contributed by atoms with Gasteiger partial charge in [0.05, 0.1) is 19.2 Å². The fourth-order valence-electron chi connectivity index (χ4n) is 3.57. The lowest BCUT2D eigenvalue weighted by Gasteiger charge is -2.20. The van der Waals surface area contributed by atoms with E-state index in [1.165, 1.54) is 25.4 Å². The van der Waals surface area contributed by atoms with Crippen molar-refractivity contribution < 1.29 is 28.2 Å². The third kappa shape index (κ3) is 6.19. The fourth-order valence-corrected chi connectivity index (χ4v) is 3.57. The van der Waals surface area contributed by atoms with Gasteiger partial charge in [-0.3, -0.25) is 9.59 Å². The summed E-state index contributed by atoms with van der Waals surface area (Å²) in [7, 11) is 1.53. The van der Waals surface area contributed by atoms with Crippen molar-refractivity contribution >= 4 is 11.9 Å². The molecule has 1 heterocycles. The Kier molecular flexibility index (Phi) is 7.82. The molecule has 3 aromatic rings. The van der Waals surface area contributed by atoms with E-state index in [9.17, 15) is 19.1 Å². The molecule has 8 heteroatoms. The van der Waals surface area contributed by atoms with Crippen molar-refractivity contribution in [3.8, 4) is 16.9 Å². The standard InChI is InChI=1S/C25H27FN2O5/c1-4-23-27-14-22(33-23)24(29)28-19(11-15(2)25(30)31)12-16-5-7-17(8-6-16)20-13-18(26)9-10-21(20)32-3/h5-10,13-15,19H,4,11-12H2,1-3H3,(H,28,29)(H,30,31)/t15-,19-/m0/s1. The molecule has 0 spiro atoms. The van der Waals surface area contributed by atoms with E-state index in [2.05, 4.69) is 10.3 Å². The number of rotatable bonds is 10. The quantitative estimate of drug-likeness (QED) is 0.468. The number of aliphatic carboxylic acids is 1. The molecule has 1 amide bonds. The van der Waals surface area contributed by atoms with Gasteiger partial charge in [0.2, 0.25) is 5.76 Å². The molecule has 0 unspecified atom stereocenters. The van der Waals surface area contributed by atoms with Crippen LogP contribution in [0.4, 0.5) is 4.39 Å². The molecular formula is C25H27FN2O5. The number of methoxy groups -OCH3 is 1. The molecule has 2 atom stereocenters. The number of carboxylic acids is 1. The zero-order valence-electron chi connectivity index (χ0n) is 18.8. The Hall–Kier alpha value is -3.68. The summed E-state index contributed by atoms with van der Waals surface area (Å²) in [6, 6.07) is 11.3. The highest BCUT2D eigenvalue weighted by Crippen LogP contribution is 2.31. The van der Waals surface area contributed by atoms with E-state index in [4.69, 9.17) is 9.15 Å². The summed E-state index contributed by atoms with van der Waals surface area (Å²) in [6.07, 6.45) is 2.59. The second-order valence-corrected chi connectivity index (χ2v) is 7.86. The smallest absolute Gasteiger partial charge is 0.306 e. The van der Waals surface area contributed by atoms with Crippen LogP contribution in [0.1, 0.15) is 42.3 Å². The summed E-state index contributed by atoms with van der Waals surface area (Å²) in [5.41, 5.74) is 2.30. The molecular weight excluding hydrogens is 427 g/mol. The minimum atomic E-state index is -0.935. The van der Waals surface area contributed by atoms with Crippen LogP contribution in [0.25, 0.3) is 11.1 Å². The van der Waals surface area contributed by atoms with Gasteiger partial charge in [0.15, 0.2) is 5.89 Å². The number of oxazole rings is 1. The molecule has 0 aliphatic heterocycles. The number of aryl methyl sites for hydroxylation is 1. The lowest BCUT2D eigenvalue weighted by Crippen LogP contribution is -2.38. The summed E-state index contributed by atoms with van der Waals surface area (Å²) >= 11 is 0. The number of nitrogens with zero attached hydrogens (tertiary/aromatic N) is 1. The molecule has 33 heavy (non-hydrogen) atoms. The Bertz CT molecular complexity index is 1110. The van der Waals surface area contributed by atoms with Crippen molar-refractivity contribution in [3.05, 3.63) is 71.7 Å². The van der Waals surface area contributed by atoms with Gasteiger partial charge in [-0.15, -0.1) is 0 Å². The van der Waals surface area contributed by atoms with Gasteiger partial charge < -0.3 is 19.6 Å². The van der Waals surface area contributed by atoms with Crippen LogP contribution < -0.4 is 10.1 Å². The Morgan fingerprint density at radius 1 is 1.21 bits per heavy atom. The van der Waals surface area contributed by atoms with Crippen LogP contribution in [0.15, 0.2) is 53.1 Å². The topological polar surface area (TPSA) is 102 Å². The van der Waals surface area contributed by atoms with Crippen molar-refractivity contribution in [2.45, 2.75) is 39.2 Å². The number of nitrogens with one attached hydrogen (secondary N) is 1. The second kappa shape index (κ2) is 10.8. The Balaban J connectivity index is 1.78. The minimum Gasteiger partial charge on any atom is -0.496 e. The molecule has 0 saturated heterocycles. The van der Waals surface area contributed by atoms with Crippen molar-refractivity contribution in [3.63, 3.8) is 0 Å². The third-order valence-corrected chi connectivity index (χ3v) is 5.38. The predicted octanol–water partition coefficient (Wildman–Crippen LogP) is 4.50. The maximum absolute atomic E-state index is 13.7. The number of halogens is 1. The first-order chi connectivity index (χ1) is 15.8. The van der Waals surface area contributed by atoms with Crippen molar-refractivity contribution in [2.24, 2.45) is 5.92 Å². The molecule has 2 N–H and O–H groups in total. The molecule has 0 fully saturated rings. The van der Waals surface area contributed by atoms with Crippen LogP contribution in [-0.2, 0) is 17.6 Å². The average Bonchev–Trinajstić information content (AvgIpc) is 3.29. The number of amides is 1. The molecule has 7 nitrogen and oxygen atoms in total. The second-order valence-electron chi connectivity index (χ2n) is 7.86. The highest BCUT2D eigenvalue weighted by atomic mass is 19.1. The third-order valence-electron chi connectivity index (χ3n) is 5.38. The predicted molar refractivity (Wildman–Crippen MR) is 121 cm³/mol. The van der Waals surface area contributed by atoms with Crippen LogP contribution >= 0.6 is 0 Å². The summed E-state index contributed by atoms with van der Waals surface area (Å²) in [5, 5.41) is 12.2. The number of carboxylic acid groups (broad SMARTS) is 1. The van der Waals surface area contributed by atoms with E-state index >= 15 is 0 Å². The molecule has 3 rings (SSSR count). The first-order valence-electron chi connectivity index (χ1n) is 10.7. The number of hydrogen-bond donors (Lipinski definition) is 2. The number of carbonyl (C=O) groups excluding carboxylic acids is 1. The van der Waals surface area contributed by atoms with Gasteiger partial charge in [-0.05, 0) is 42.2 Å². The Morgan fingerprint density at radius 3 is 2.55 bits per heavy atom. The van der Waals surface area contributed by atoms with Crippen LogP contribution in [0.5, 0.6) is 5.75 Å². The first kappa shape index (κ1) is 24.0. The number of hydrogen-bond acceptors (Lipinski definition) is 5. The largest absolute Gasteiger partial charge is 0.496 e. The van der Waals surface area contributed by atoms with Crippen LogP contribution in [0.2, 0.25) is 0 Å². The monoisotopic (exact) mass is 454 g/mol. The van der Waals surface area contributed by atoms with Crippen LogP contribution in [0, 0.1) is 11.7 Å². The van der Waals surface area contributed by atoms with Gasteiger partial charge in [0.1, 0.15) is 11.6 Å². The van der Waals surface area contributed by atoms with Crippen molar-refractivity contribution in [1.82, 2.24) is 10.3 Å². The van der Waals surface area contributed by atoms with Crippen LogP contribution in [0.3, 0.4) is 0 Å². The highest BCUT2D eigenvalue weighted by Gasteiger charge is 2.23. The lowest BCUT2D eigenvalue weighted by molar-refractivity contribution is -0.141. The van der Waals surface area contributed by atoms with E-state index in [0.29, 0.717) is 30.0 Å². The normalized spacial score (nSPS) is 12.7. The summed E-state index contributed by atoms with van der Waals surface area (Å²) < 4.78 is 24.5. The molecule has 0 aliphatic carbocycles. The van der Waals surface area contributed by atoms with Crippen molar-refractivity contribution in [1.29, 1.82) is 0 Å². The van der Waals surface area contributed by atoms with Gasteiger partial charge in [-0.1, -0.05) is 38.1 Å². The molecule has 0 saturated carbocycles. The van der Waals surface area contributed by atoms with Gasteiger partial charge in [0, 0.05) is 18.0 Å². The summed E-state index contributed by atoms with van der Waals surface area (Å²) in [4.78, 5) is 28.1. The molecule has 0 bridgehead atoms. The zero-order chi connectivity index (χ0) is 24.0. The van der Waals surface area contributed by atoms with E-state index in [1.54, 1.807) is 13.0 Å². The Morgan fingerprint density at radius 2 is 1.94 bits per heavy atom. The van der Waals surface area contributed by atoms with Gasteiger partial charge in [-0.2, -0.15) is 0 Å². The Labute approximate surface area is 191 Å². The van der Waals surface area contributed by atoms with Gasteiger partial charge >= 0.3 is 5.97 Å². The average molecular weight is 454 g/mol. The van der Waals surface area contributed by atoms with Crippen LogP contribution in [-0.4, -0.2) is 35.1 Å². The summed E-state index contributed by atoms with van der Waals surface area (Å²) in [6.45, 7) is 3.47. The zero-order valence-corrected chi connectivity index (χ0v) is 18.8. The number of carbonyl (C=O) groups is 2. The van der Waals surface area contributed by atoms with E-state index < -0.39 is 23.8 Å². The maximum Gasteiger partial charge on any atom is 0.306 e. The lowest BCUT2D eigenvalue weighted by atomic mass is 9.94. The molecule has 0 aliphatic rings. The van der Waals surface area contributed by atoms with Gasteiger partial charge in [-0.25, -0.2) is 9.37 Å². The van der Waals surface area contributed by atoms with Crippen molar-refractivity contribution in [2.75, 3.05) is 7.11 Å².